The van der Waals surface area contributed by atoms with Crippen LogP contribution in [0.2, 0.25) is 0 Å². The van der Waals surface area contributed by atoms with Gasteiger partial charge in [0.1, 0.15) is 11.8 Å². The lowest BCUT2D eigenvalue weighted by Crippen LogP contribution is -2.45. The zero-order chi connectivity index (χ0) is 13.5. The van der Waals surface area contributed by atoms with Gasteiger partial charge in [0.05, 0.1) is 0 Å². The Bertz CT molecular complexity index is 417. The van der Waals surface area contributed by atoms with Gasteiger partial charge < -0.3 is 21.1 Å². The molecule has 98 valence electrons. The summed E-state index contributed by atoms with van der Waals surface area (Å²) in [7, 11) is 1.51. The van der Waals surface area contributed by atoms with Gasteiger partial charge in [0.15, 0.2) is 6.61 Å². The highest BCUT2D eigenvalue weighted by Crippen LogP contribution is 2.12. The summed E-state index contributed by atoms with van der Waals surface area (Å²) in [6.45, 7) is 1.45. The predicted molar refractivity (Wildman–Crippen MR) is 68.0 cm³/mol. The Hall–Kier alpha value is -2.24. The Kier molecular flexibility index (Phi) is 4.98. The number of carbonyl (C=O) groups excluding carboxylic acids is 2. The third-order valence-corrected chi connectivity index (χ3v) is 2.27. The summed E-state index contributed by atoms with van der Waals surface area (Å²) < 4.78 is 5.24. The van der Waals surface area contributed by atoms with E-state index in [1.165, 1.54) is 7.05 Å². The molecule has 0 heterocycles. The van der Waals surface area contributed by atoms with Crippen LogP contribution in [-0.4, -0.2) is 31.5 Å². The molecule has 0 aliphatic carbocycles. The van der Waals surface area contributed by atoms with Crippen molar-refractivity contribution < 1.29 is 14.3 Å². The highest BCUT2D eigenvalue weighted by Gasteiger charge is 2.13. The molecule has 6 heteroatoms. The molecule has 6 nitrogen and oxygen atoms in total. The molecule has 0 bridgehead atoms. The number of amides is 2. The minimum atomic E-state index is -0.586. The SMILES string of the molecule is CNC(=O)C(C)NC(=O)COc1ccc(N)cc1. The van der Waals surface area contributed by atoms with Crippen LogP contribution in [0.1, 0.15) is 6.92 Å². The number of carbonyl (C=O) groups is 2. The van der Waals surface area contributed by atoms with Gasteiger partial charge in [-0.25, -0.2) is 0 Å². The van der Waals surface area contributed by atoms with Crippen molar-refractivity contribution in [3.05, 3.63) is 24.3 Å². The molecule has 1 rings (SSSR count). The summed E-state index contributed by atoms with van der Waals surface area (Å²) in [6, 6.07) is 6.12. The molecule has 18 heavy (non-hydrogen) atoms. The van der Waals surface area contributed by atoms with Gasteiger partial charge in [0.25, 0.3) is 5.91 Å². The van der Waals surface area contributed by atoms with Crippen LogP contribution in [-0.2, 0) is 9.59 Å². The summed E-state index contributed by atoms with van der Waals surface area (Å²) in [5.74, 6) is -0.0642. The fourth-order valence-corrected chi connectivity index (χ4v) is 1.28. The lowest BCUT2D eigenvalue weighted by molar-refractivity contribution is -0.129. The second-order valence-corrected chi connectivity index (χ2v) is 3.76. The van der Waals surface area contributed by atoms with Gasteiger partial charge in [-0.1, -0.05) is 0 Å². The molecule has 0 aliphatic heterocycles. The normalized spacial score (nSPS) is 11.4. The molecule has 0 aromatic heterocycles. The first-order valence-corrected chi connectivity index (χ1v) is 5.52. The summed E-state index contributed by atoms with van der Waals surface area (Å²) in [5, 5.41) is 4.95. The van der Waals surface area contributed by atoms with Crippen molar-refractivity contribution in [1.82, 2.24) is 10.6 Å². The largest absolute Gasteiger partial charge is 0.484 e. The maximum absolute atomic E-state index is 11.5. The minimum absolute atomic E-state index is 0.148. The van der Waals surface area contributed by atoms with Crippen LogP contribution in [0.25, 0.3) is 0 Å². The van der Waals surface area contributed by atoms with E-state index in [1.807, 2.05) is 0 Å². The molecule has 2 amide bonds. The molecule has 1 aromatic carbocycles. The minimum Gasteiger partial charge on any atom is -0.484 e. The highest BCUT2D eigenvalue weighted by molar-refractivity contribution is 5.87. The van der Waals surface area contributed by atoms with Crippen molar-refractivity contribution >= 4 is 17.5 Å². The van der Waals surface area contributed by atoms with E-state index in [1.54, 1.807) is 31.2 Å². The average Bonchev–Trinajstić information content (AvgIpc) is 2.37. The predicted octanol–water partition coefficient (Wildman–Crippen LogP) is -0.102. The molecule has 1 atom stereocenters. The topological polar surface area (TPSA) is 93.5 Å². The molecular formula is C12H17N3O3. The quantitative estimate of drug-likeness (QED) is 0.637. The maximum atomic E-state index is 11.5. The van der Waals surface area contributed by atoms with Crippen LogP contribution >= 0.6 is 0 Å². The number of benzene rings is 1. The summed E-state index contributed by atoms with van der Waals surface area (Å²) in [5.41, 5.74) is 6.14. The van der Waals surface area contributed by atoms with Gasteiger partial charge in [-0.05, 0) is 31.2 Å². The number of nitrogen functional groups attached to an aromatic ring is 1. The molecule has 0 radical (unpaired) electrons. The van der Waals surface area contributed by atoms with Crippen LogP contribution in [0, 0.1) is 0 Å². The Balaban J connectivity index is 2.37. The van der Waals surface area contributed by atoms with Crippen LogP contribution in [0.4, 0.5) is 5.69 Å². The van der Waals surface area contributed by atoms with E-state index in [4.69, 9.17) is 10.5 Å². The van der Waals surface area contributed by atoms with Crippen molar-refractivity contribution in [2.75, 3.05) is 19.4 Å². The fraction of sp³-hybridized carbons (Fsp3) is 0.333. The summed E-state index contributed by atoms with van der Waals surface area (Å²) in [6.07, 6.45) is 0. The first-order chi connectivity index (χ1) is 8.52. The van der Waals surface area contributed by atoms with Crippen molar-refractivity contribution in [3.8, 4) is 5.75 Å². The standard InChI is InChI=1S/C12H17N3O3/c1-8(12(17)14-2)15-11(16)7-18-10-5-3-9(13)4-6-10/h3-6,8H,7,13H2,1-2H3,(H,14,17)(H,15,16). The molecule has 0 saturated heterocycles. The molecule has 0 saturated carbocycles. The number of likely N-dealkylation sites (N-methyl/N-ethyl adjacent to an activating group) is 1. The number of nitrogens with two attached hydrogens (primary N) is 1. The van der Waals surface area contributed by atoms with Crippen LogP contribution in [0.3, 0.4) is 0 Å². The molecule has 0 aliphatic rings. The molecule has 1 aromatic rings. The number of nitrogens with one attached hydrogen (secondary N) is 2. The molecule has 0 spiro atoms. The van der Waals surface area contributed by atoms with E-state index in [2.05, 4.69) is 10.6 Å². The Morgan fingerprint density at radius 1 is 1.33 bits per heavy atom. The monoisotopic (exact) mass is 251 g/mol. The fourth-order valence-electron chi connectivity index (χ4n) is 1.28. The van der Waals surface area contributed by atoms with E-state index in [0.29, 0.717) is 11.4 Å². The summed E-state index contributed by atoms with van der Waals surface area (Å²) >= 11 is 0. The Labute approximate surface area is 105 Å². The first kappa shape index (κ1) is 13.8. The third kappa shape index (κ3) is 4.32. The van der Waals surface area contributed by atoms with Gasteiger partial charge in [-0.15, -0.1) is 0 Å². The molecular weight excluding hydrogens is 234 g/mol. The van der Waals surface area contributed by atoms with Gasteiger partial charge in [0.2, 0.25) is 5.91 Å². The van der Waals surface area contributed by atoms with E-state index >= 15 is 0 Å². The zero-order valence-corrected chi connectivity index (χ0v) is 10.4. The van der Waals surface area contributed by atoms with Gasteiger partial charge >= 0.3 is 0 Å². The van der Waals surface area contributed by atoms with Gasteiger partial charge in [0, 0.05) is 12.7 Å². The number of anilines is 1. The maximum Gasteiger partial charge on any atom is 0.258 e. The number of ether oxygens (including phenoxy) is 1. The van der Waals surface area contributed by atoms with Gasteiger partial charge in [-0.2, -0.15) is 0 Å². The van der Waals surface area contributed by atoms with Gasteiger partial charge in [-0.3, -0.25) is 9.59 Å². The molecule has 0 fully saturated rings. The van der Waals surface area contributed by atoms with Crippen LogP contribution in [0.5, 0.6) is 5.75 Å². The molecule has 4 N–H and O–H groups in total. The lowest BCUT2D eigenvalue weighted by atomic mass is 10.3. The first-order valence-electron chi connectivity index (χ1n) is 5.52. The number of hydrogen-bond donors (Lipinski definition) is 3. The Morgan fingerprint density at radius 2 is 1.94 bits per heavy atom. The van der Waals surface area contributed by atoms with E-state index in [-0.39, 0.29) is 18.4 Å². The third-order valence-electron chi connectivity index (χ3n) is 2.27. The van der Waals surface area contributed by atoms with E-state index < -0.39 is 6.04 Å². The second kappa shape index (κ2) is 6.48. The van der Waals surface area contributed by atoms with Crippen LogP contribution < -0.4 is 21.1 Å². The van der Waals surface area contributed by atoms with E-state index in [9.17, 15) is 9.59 Å². The molecule has 1 unspecified atom stereocenters. The number of hydrogen-bond acceptors (Lipinski definition) is 4. The average molecular weight is 251 g/mol. The van der Waals surface area contributed by atoms with Crippen molar-refractivity contribution in [3.63, 3.8) is 0 Å². The Morgan fingerprint density at radius 3 is 2.50 bits per heavy atom. The lowest BCUT2D eigenvalue weighted by Gasteiger charge is -2.12. The highest BCUT2D eigenvalue weighted by atomic mass is 16.5. The smallest absolute Gasteiger partial charge is 0.258 e. The summed E-state index contributed by atoms with van der Waals surface area (Å²) in [4.78, 5) is 22.7. The van der Waals surface area contributed by atoms with Crippen molar-refractivity contribution in [2.45, 2.75) is 13.0 Å². The zero-order valence-electron chi connectivity index (χ0n) is 10.4. The number of rotatable bonds is 5. The van der Waals surface area contributed by atoms with E-state index in [0.717, 1.165) is 0 Å². The van der Waals surface area contributed by atoms with Crippen molar-refractivity contribution in [1.29, 1.82) is 0 Å². The second-order valence-electron chi connectivity index (χ2n) is 3.76. The van der Waals surface area contributed by atoms with Crippen molar-refractivity contribution in [2.24, 2.45) is 0 Å². The van der Waals surface area contributed by atoms with Crippen LogP contribution in [0.15, 0.2) is 24.3 Å².